The van der Waals surface area contributed by atoms with Crippen molar-refractivity contribution in [2.24, 2.45) is 5.73 Å². The lowest BCUT2D eigenvalue weighted by atomic mass is 10.0. The summed E-state index contributed by atoms with van der Waals surface area (Å²) in [7, 11) is 0. The van der Waals surface area contributed by atoms with Gasteiger partial charge in [0.25, 0.3) is 0 Å². The molecular weight excluding hydrogens is 238 g/mol. The largest absolute Gasteiger partial charge is 0.374 e. The third kappa shape index (κ3) is 4.91. The molecule has 0 bridgehead atoms. The third-order valence-corrected chi connectivity index (χ3v) is 3.50. The number of nitrogens with one attached hydrogen (secondary N) is 2. The zero-order chi connectivity index (χ0) is 13.3. The molecule has 106 valence electrons. The Labute approximate surface area is 115 Å². The summed E-state index contributed by atoms with van der Waals surface area (Å²) in [5.41, 5.74) is 6.96. The first-order valence-corrected chi connectivity index (χ1v) is 7.21. The molecule has 2 rings (SSSR count). The van der Waals surface area contributed by atoms with E-state index in [1.807, 2.05) is 0 Å². The molecule has 2 unspecified atom stereocenters. The summed E-state index contributed by atoms with van der Waals surface area (Å²) in [5.74, 6) is 0. The Hall–Kier alpha value is -0.940. The highest BCUT2D eigenvalue weighted by Gasteiger charge is 2.16. The minimum Gasteiger partial charge on any atom is -0.374 e. The molecule has 4 heteroatoms. The van der Waals surface area contributed by atoms with Gasteiger partial charge < -0.3 is 21.1 Å². The third-order valence-electron chi connectivity index (χ3n) is 3.50. The number of benzene rings is 1. The molecule has 0 saturated carbocycles. The summed E-state index contributed by atoms with van der Waals surface area (Å²) < 4.78 is 5.72. The van der Waals surface area contributed by atoms with Crippen LogP contribution in [-0.4, -0.2) is 38.9 Å². The van der Waals surface area contributed by atoms with Crippen LogP contribution in [0.1, 0.15) is 24.4 Å². The van der Waals surface area contributed by atoms with Crippen molar-refractivity contribution in [3.05, 3.63) is 35.9 Å². The monoisotopic (exact) mass is 263 g/mol. The molecule has 2 atom stereocenters. The van der Waals surface area contributed by atoms with Gasteiger partial charge in [0.2, 0.25) is 0 Å². The Morgan fingerprint density at radius 3 is 2.89 bits per heavy atom. The van der Waals surface area contributed by atoms with E-state index in [4.69, 9.17) is 10.5 Å². The van der Waals surface area contributed by atoms with Crippen molar-refractivity contribution in [2.45, 2.75) is 25.0 Å². The molecule has 4 nitrogen and oxygen atoms in total. The number of morpholine rings is 1. The van der Waals surface area contributed by atoms with Crippen LogP contribution in [0.4, 0.5) is 0 Å². The Bertz CT molecular complexity index is 339. The lowest BCUT2D eigenvalue weighted by Crippen LogP contribution is -2.44. The number of hydrogen-bond donors (Lipinski definition) is 3. The van der Waals surface area contributed by atoms with Crippen LogP contribution in [0.5, 0.6) is 0 Å². The smallest absolute Gasteiger partial charge is 0.0824 e. The van der Waals surface area contributed by atoms with Crippen molar-refractivity contribution in [3.63, 3.8) is 0 Å². The van der Waals surface area contributed by atoms with Gasteiger partial charge in [0.05, 0.1) is 12.7 Å². The number of rotatable bonds is 7. The second-order valence-electron chi connectivity index (χ2n) is 5.00. The van der Waals surface area contributed by atoms with Crippen LogP contribution in [0.15, 0.2) is 30.3 Å². The zero-order valence-electron chi connectivity index (χ0n) is 11.5. The van der Waals surface area contributed by atoms with Gasteiger partial charge >= 0.3 is 0 Å². The summed E-state index contributed by atoms with van der Waals surface area (Å²) in [5, 5.41) is 6.98. The molecule has 1 aliphatic rings. The summed E-state index contributed by atoms with van der Waals surface area (Å²) in [6.45, 7) is 4.34. The van der Waals surface area contributed by atoms with Gasteiger partial charge in [0.15, 0.2) is 0 Å². The first-order chi connectivity index (χ1) is 9.40. The van der Waals surface area contributed by atoms with Gasteiger partial charge in [-0.25, -0.2) is 0 Å². The van der Waals surface area contributed by atoms with Crippen molar-refractivity contribution in [2.75, 3.05) is 32.8 Å². The molecule has 1 heterocycles. The van der Waals surface area contributed by atoms with Gasteiger partial charge in [-0.1, -0.05) is 30.3 Å². The van der Waals surface area contributed by atoms with E-state index in [9.17, 15) is 0 Å². The van der Waals surface area contributed by atoms with E-state index in [-0.39, 0.29) is 6.10 Å². The molecule has 0 spiro atoms. The average molecular weight is 263 g/mol. The minimum atomic E-state index is 0.276. The molecule has 0 radical (unpaired) electrons. The Morgan fingerprint density at radius 1 is 1.37 bits per heavy atom. The van der Waals surface area contributed by atoms with E-state index in [0.29, 0.717) is 6.04 Å². The Balaban J connectivity index is 1.86. The summed E-state index contributed by atoms with van der Waals surface area (Å²) in [4.78, 5) is 0. The quantitative estimate of drug-likeness (QED) is 0.688. The lowest BCUT2D eigenvalue weighted by Gasteiger charge is -2.27. The van der Waals surface area contributed by atoms with Crippen LogP contribution >= 0.6 is 0 Å². The van der Waals surface area contributed by atoms with Crippen molar-refractivity contribution in [1.29, 1.82) is 0 Å². The van der Waals surface area contributed by atoms with Crippen molar-refractivity contribution in [1.82, 2.24) is 10.6 Å². The maximum Gasteiger partial charge on any atom is 0.0824 e. The van der Waals surface area contributed by atoms with Gasteiger partial charge in [-0.2, -0.15) is 0 Å². The van der Waals surface area contributed by atoms with Gasteiger partial charge in [-0.15, -0.1) is 0 Å². The summed E-state index contributed by atoms with van der Waals surface area (Å²) in [6.07, 6.45) is 2.38. The van der Waals surface area contributed by atoms with Crippen LogP contribution < -0.4 is 16.4 Å². The van der Waals surface area contributed by atoms with Crippen LogP contribution in [-0.2, 0) is 4.74 Å². The standard InChI is InChI=1S/C15H25N3O/c16-8-4-7-15(13-5-2-1-3-6-13)18-12-14-11-17-9-10-19-14/h1-3,5-6,14-15,17-18H,4,7-12,16H2. The van der Waals surface area contributed by atoms with Gasteiger partial charge in [-0.3, -0.25) is 0 Å². The molecule has 1 aromatic rings. The molecule has 1 aliphatic heterocycles. The Morgan fingerprint density at radius 2 is 2.21 bits per heavy atom. The molecule has 0 aliphatic carbocycles. The predicted octanol–water partition coefficient (Wildman–Crippen LogP) is 1.04. The molecule has 0 amide bonds. The maximum atomic E-state index is 5.72. The van der Waals surface area contributed by atoms with E-state index < -0.39 is 0 Å². The molecule has 1 aromatic carbocycles. The predicted molar refractivity (Wildman–Crippen MR) is 78.1 cm³/mol. The van der Waals surface area contributed by atoms with E-state index in [1.165, 1.54) is 5.56 Å². The SMILES string of the molecule is NCCCC(NCC1CNCCO1)c1ccccc1. The number of nitrogens with two attached hydrogens (primary N) is 1. The van der Waals surface area contributed by atoms with E-state index in [2.05, 4.69) is 41.0 Å². The highest BCUT2D eigenvalue weighted by molar-refractivity contribution is 5.18. The molecule has 4 N–H and O–H groups in total. The molecule has 1 saturated heterocycles. The maximum absolute atomic E-state index is 5.72. The molecule has 0 aromatic heterocycles. The lowest BCUT2D eigenvalue weighted by molar-refractivity contribution is 0.0273. The zero-order valence-corrected chi connectivity index (χ0v) is 11.5. The van der Waals surface area contributed by atoms with Crippen molar-refractivity contribution in [3.8, 4) is 0 Å². The first kappa shape index (κ1) is 14.5. The molecular formula is C15H25N3O. The highest BCUT2D eigenvalue weighted by Crippen LogP contribution is 2.18. The van der Waals surface area contributed by atoms with E-state index in [0.717, 1.165) is 45.6 Å². The Kier molecular flexibility index (Phi) is 6.30. The van der Waals surface area contributed by atoms with Gasteiger partial charge in [0.1, 0.15) is 0 Å². The van der Waals surface area contributed by atoms with Crippen LogP contribution in [0.2, 0.25) is 0 Å². The molecule has 19 heavy (non-hydrogen) atoms. The average Bonchev–Trinajstić information content (AvgIpc) is 2.49. The van der Waals surface area contributed by atoms with E-state index in [1.54, 1.807) is 0 Å². The van der Waals surface area contributed by atoms with E-state index >= 15 is 0 Å². The van der Waals surface area contributed by atoms with Gasteiger partial charge in [0, 0.05) is 25.7 Å². The second-order valence-corrected chi connectivity index (χ2v) is 5.00. The van der Waals surface area contributed by atoms with Crippen LogP contribution in [0, 0.1) is 0 Å². The second kappa shape index (κ2) is 8.27. The van der Waals surface area contributed by atoms with Crippen molar-refractivity contribution >= 4 is 0 Å². The van der Waals surface area contributed by atoms with Gasteiger partial charge in [-0.05, 0) is 24.9 Å². The number of ether oxygens (including phenoxy) is 1. The minimum absolute atomic E-state index is 0.276. The summed E-state index contributed by atoms with van der Waals surface area (Å²) >= 11 is 0. The number of hydrogen-bond acceptors (Lipinski definition) is 4. The summed E-state index contributed by atoms with van der Waals surface area (Å²) in [6, 6.07) is 11.0. The van der Waals surface area contributed by atoms with Crippen molar-refractivity contribution < 1.29 is 4.74 Å². The van der Waals surface area contributed by atoms with Crippen LogP contribution in [0.3, 0.4) is 0 Å². The first-order valence-electron chi connectivity index (χ1n) is 7.21. The highest BCUT2D eigenvalue weighted by atomic mass is 16.5. The fourth-order valence-corrected chi connectivity index (χ4v) is 2.42. The van der Waals surface area contributed by atoms with Crippen LogP contribution in [0.25, 0.3) is 0 Å². The topological polar surface area (TPSA) is 59.3 Å². The molecule has 1 fully saturated rings. The fourth-order valence-electron chi connectivity index (χ4n) is 2.42. The fraction of sp³-hybridized carbons (Fsp3) is 0.600. The normalized spacial score (nSPS) is 21.2.